The van der Waals surface area contributed by atoms with Gasteiger partial charge in [-0.2, -0.15) is 0 Å². The molecular weight excluding hydrogens is 286 g/mol. The lowest BCUT2D eigenvalue weighted by Crippen LogP contribution is -2.27. The molecule has 1 saturated heterocycles. The fraction of sp³-hybridized carbons (Fsp3) is 0.333. The van der Waals surface area contributed by atoms with Gasteiger partial charge in [-0.1, -0.05) is 18.1 Å². The van der Waals surface area contributed by atoms with Crippen molar-refractivity contribution in [3.63, 3.8) is 0 Å². The molecule has 1 aromatic carbocycles. The SMILES string of the molecule is C#CC=N/C(=C\CN1CCCC1C)n1c(N)nc2ccccc21. The average Bonchev–Trinajstić information content (AvgIpc) is 3.10. The number of fused-ring (bicyclic) bond motifs is 1. The molecule has 118 valence electrons. The van der Waals surface area contributed by atoms with E-state index in [2.05, 4.69) is 33.8 Å². The van der Waals surface area contributed by atoms with E-state index in [0.717, 1.165) is 24.1 Å². The minimum atomic E-state index is 0.418. The fourth-order valence-corrected chi connectivity index (χ4v) is 3.05. The van der Waals surface area contributed by atoms with Crippen LogP contribution in [0.15, 0.2) is 35.3 Å². The molecule has 5 nitrogen and oxygen atoms in total. The van der Waals surface area contributed by atoms with Crippen molar-refractivity contribution in [3.8, 4) is 12.3 Å². The van der Waals surface area contributed by atoms with Crippen molar-refractivity contribution in [1.82, 2.24) is 14.5 Å². The monoisotopic (exact) mass is 307 g/mol. The van der Waals surface area contributed by atoms with E-state index in [1.807, 2.05) is 28.8 Å². The summed E-state index contributed by atoms with van der Waals surface area (Å²) < 4.78 is 1.85. The molecule has 23 heavy (non-hydrogen) atoms. The lowest BCUT2D eigenvalue weighted by Gasteiger charge is -2.19. The first-order chi connectivity index (χ1) is 11.2. The van der Waals surface area contributed by atoms with Gasteiger partial charge in [0.15, 0.2) is 0 Å². The molecule has 0 bridgehead atoms. The summed E-state index contributed by atoms with van der Waals surface area (Å²) in [5, 5.41) is 0. The highest BCUT2D eigenvalue weighted by Gasteiger charge is 2.19. The molecule has 1 atom stereocenters. The molecule has 0 radical (unpaired) electrons. The van der Waals surface area contributed by atoms with Crippen molar-refractivity contribution in [3.05, 3.63) is 30.3 Å². The molecule has 1 unspecified atom stereocenters. The zero-order valence-electron chi connectivity index (χ0n) is 13.3. The summed E-state index contributed by atoms with van der Waals surface area (Å²) >= 11 is 0. The molecule has 0 aliphatic carbocycles. The van der Waals surface area contributed by atoms with Crippen LogP contribution in [0.2, 0.25) is 0 Å². The predicted octanol–water partition coefficient (Wildman–Crippen LogP) is 2.61. The molecule has 5 heteroatoms. The molecule has 0 spiro atoms. The Kier molecular flexibility index (Phi) is 4.45. The highest BCUT2D eigenvalue weighted by molar-refractivity contribution is 5.86. The first-order valence-corrected chi connectivity index (χ1v) is 7.87. The van der Waals surface area contributed by atoms with Crippen molar-refractivity contribution in [2.75, 3.05) is 18.8 Å². The van der Waals surface area contributed by atoms with Gasteiger partial charge in [-0.05, 0) is 44.5 Å². The quantitative estimate of drug-likeness (QED) is 0.698. The number of nitrogens with two attached hydrogens (primary N) is 1. The lowest BCUT2D eigenvalue weighted by molar-refractivity contribution is 0.298. The molecular formula is C18H21N5. The van der Waals surface area contributed by atoms with E-state index in [9.17, 15) is 0 Å². The van der Waals surface area contributed by atoms with Gasteiger partial charge in [0, 0.05) is 12.6 Å². The van der Waals surface area contributed by atoms with Gasteiger partial charge < -0.3 is 5.73 Å². The maximum atomic E-state index is 6.11. The number of aliphatic imine (C=N–C) groups is 1. The van der Waals surface area contributed by atoms with E-state index in [4.69, 9.17) is 12.2 Å². The summed E-state index contributed by atoms with van der Waals surface area (Å²) in [7, 11) is 0. The molecule has 1 aromatic heterocycles. The van der Waals surface area contributed by atoms with E-state index in [-0.39, 0.29) is 0 Å². The van der Waals surface area contributed by atoms with Crippen LogP contribution in [0.3, 0.4) is 0 Å². The van der Waals surface area contributed by atoms with Crippen molar-refractivity contribution < 1.29 is 0 Å². The van der Waals surface area contributed by atoms with Gasteiger partial charge in [0.25, 0.3) is 0 Å². The number of nitrogens with zero attached hydrogens (tertiary/aromatic N) is 4. The molecule has 2 N–H and O–H groups in total. The number of hydrogen-bond donors (Lipinski definition) is 1. The summed E-state index contributed by atoms with van der Waals surface area (Å²) in [5.74, 6) is 3.58. The Balaban J connectivity index is 1.99. The lowest BCUT2D eigenvalue weighted by atomic mass is 10.2. The van der Waals surface area contributed by atoms with Crippen LogP contribution in [0, 0.1) is 12.3 Å². The second-order valence-electron chi connectivity index (χ2n) is 5.77. The first-order valence-electron chi connectivity index (χ1n) is 7.87. The number of likely N-dealkylation sites (tertiary alicyclic amines) is 1. The molecule has 0 saturated carbocycles. The zero-order valence-corrected chi connectivity index (χ0v) is 13.3. The van der Waals surface area contributed by atoms with Crippen LogP contribution in [-0.4, -0.2) is 39.8 Å². The van der Waals surface area contributed by atoms with E-state index < -0.39 is 0 Å². The zero-order chi connectivity index (χ0) is 16.2. The first kappa shape index (κ1) is 15.3. The van der Waals surface area contributed by atoms with Gasteiger partial charge in [0.1, 0.15) is 5.82 Å². The third-order valence-electron chi connectivity index (χ3n) is 4.29. The van der Waals surface area contributed by atoms with E-state index in [0.29, 0.717) is 17.8 Å². The average molecular weight is 307 g/mol. The summed E-state index contributed by atoms with van der Waals surface area (Å²) in [5.41, 5.74) is 7.89. The van der Waals surface area contributed by atoms with Gasteiger partial charge in [-0.25, -0.2) is 9.98 Å². The van der Waals surface area contributed by atoms with Gasteiger partial charge in [-0.3, -0.25) is 9.47 Å². The second kappa shape index (κ2) is 6.67. The molecule has 1 aliphatic heterocycles. The maximum absolute atomic E-state index is 6.11. The number of anilines is 1. The number of aromatic nitrogens is 2. The number of terminal acetylenes is 1. The number of nitrogen functional groups attached to an aromatic ring is 1. The van der Waals surface area contributed by atoms with Crippen LogP contribution in [0.4, 0.5) is 5.95 Å². The van der Waals surface area contributed by atoms with Crippen molar-refractivity contribution in [1.29, 1.82) is 0 Å². The molecule has 2 heterocycles. The van der Waals surface area contributed by atoms with Crippen LogP contribution in [0.1, 0.15) is 19.8 Å². The van der Waals surface area contributed by atoms with Crippen molar-refractivity contribution >= 4 is 29.0 Å². The summed E-state index contributed by atoms with van der Waals surface area (Å²) in [4.78, 5) is 11.2. The molecule has 1 aliphatic rings. The number of para-hydroxylation sites is 2. The molecule has 0 amide bonds. The maximum Gasteiger partial charge on any atom is 0.207 e. The minimum Gasteiger partial charge on any atom is -0.369 e. The Hall–Kier alpha value is -2.58. The summed E-state index contributed by atoms with van der Waals surface area (Å²) in [6, 6.07) is 8.43. The highest BCUT2D eigenvalue weighted by Crippen LogP contribution is 2.23. The van der Waals surface area contributed by atoms with Crippen LogP contribution >= 0.6 is 0 Å². The largest absolute Gasteiger partial charge is 0.369 e. The Morgan fingerprint density at radius 3 is 3.09 bits per heavy atom. The fourth-order valence-electron chi connectivity index (χ4n) is 3.05. The van der Waals surface area contributed by atoms with Gasteiger partial charge in [0.05, 0.1) is 17.2 Å². The number of hydrogen-bond acceptors (Lipinski definition) is 4. The Morgan fingerprint density at radius 2 is 2.35 bits per heavy atom. The smallest absolute Gasteiger partial charge is 0.207 e. The minimum absolute atomic E-state index is 0.418. The number of benzene rings is 1. The van der Waals surface area contributed by atoms with Gasteiger partial charge in [0.2, 0.25) is 5.95 Å². The Morgan fingerprint density at radius 1 is 1.52 bits per heavy atom. The summed E-state index contributed by atoms with van der Waals surface area (Å²) in [6.45, 7) is 4.19. The third-order valence-corrected chi connectivity index (χ3v) is 4.29. The van der Waals surface area contributed by atoms with E-state index in [1.54, 1.807) is 0 Å². The predicted molar refractivity (Wildman–Crippen MR) is 96.0 cm³/mol. The van der Waals surface area contributed by atoms with Crippen LogP contribution < -0.4 is 5.73 Å². The van der Waals surface area contributed by atoms with Crippen LogP contribution in [-0.2, 0) is 0 Å². The van der Waals surface area contributed by atoms with Crippen molar-refractivity contribution in [2.45, 2.75) is 25.8 Å². The normalized spacial score (nSPS) is 19.7. The molecule has 1 fully saturated rings. The number of imidazole rings is 1. The Labute approximate surface area is 136 Å². The van der Waals surface area contributed by atoms with Crippen LogP contribution in [0.5, 0.6) is 0 Å². The van der Waals surface area contributed by atoms with Crippen molar-refractivity contribution in [2.24, 2.45) is 4.99 Å². The summed E-state index contributed by atoms with van der Waals surface area (Å²) in [6.07, 6.45) is 11.3. The molecule has 3 rings (SSSR count). The van der Waals surface area contributed by atoms with Crippen LogP contribution in [0.25, 0.3) is 16.9 Å². The van der Waals surface area contributed by atoms with Gasteiger partial charge >= 0.3 is 0 Å². The van der Waals surface area contributed by atoms with E-state index >= 15 is 0 Å². The second-order valence-corrected chi connectivity index (χ2v) is 5.77. The van der Waals surface area contributed by atoms with E-state index in [1.165, 1.54) is 19.1 Å². The number of rotatable bonds is 4. The molecule has 2 aromatic rings. The topological polar surface area (TPSA) is 59.4 Å². The third kappa shape index (κ3) is 3.13. The standard InChI is InChI=1S/C18H21N5/c1-3-11-20-17(10-13-22-12-6-7-14(22)2)23-16-9-5-4-8-15(16)21-18(23)19/h1,4-5,8-11,14H,6-7,12-13H2,2H3,(H2,19,21)/b17-10+,20-11?. The van der Waals surface area contributed by atoms with Gasteiger partial charge in [-0.15, -0.1) is 6.42 Å². The highest BCUT2D eigenvalue weighted by atomic mass is 15.2. The Bertz CT molecular complexity index is 793.